The number of nitrogens with zero attached hydrogens (tertiary/aromatic N) is 2. The summed E-state index contributed by atoms with van der Waals surface area (Å²) in [5.41, 5.74) is -0.988. The van der Waals surface area contributed by atoms with Crippen molar-refractivity contribution in [3.63, 3.8) is 0 Å². The maximum atomic E-state index is 14.0. The lowest BCUT2D eigenvalue weighted by Crippen LogP contribution is -2.38. The van der Waals surface area contributed by atoms with Gasteiger partial charge in [0.2, 0.25) is 6.54 Å². The molecule has 0 bridgehead atoms. The highest BCUT2D eigenvalue weighted by molar-refractivity contribution is 6.13. The Bertz CT molecular complexity index is 1210. The Hall–Kier alpha value is -4.01. The fraction of sp³-hybridized carbons (Fsp3) is 0.286. The fourth-order valence-electron chi connectivity index (χ4n) is 3.92. The van der Waals surface area contributed by atoms with Gasteiger partial charge >= 0.3 is 12.1 Å². The summed E-state index contributed by atoms with van der Waals surface area (Å²) in [5.74, 6) is -2.51. The molecule has 0 spiro atoms. The van der Waals surface area contributed by atoms with Crippen LogP contribution in [0.15, 0.2) is 89.9 Å². The zero-order valence-corrected chi connectivity index (χ0v) is 20.6. The monoisotopic (exact) mass is 512 g/mol. The van der Waals surface area contributed by atoms with Crippen LogP contribution in [0.2, 0.25) is 0 Å². The van der Waals surface area contributed by atoms with E-state index in [2.05, 4.69) is 4.99 Å². The van der Waals surface area contributed by atoms with Crippen LogP contribution in [-0.4, -0.2) is 34.8 Å². The quantitative estimate of drug-likeness (QED) is 0.153. The van der Waals surface area contributed by atoms with E-state index < -0.39 is 52.3 Å². The number of carbonyl (C=O) groups is 1. The number of esters is 1. The van der Waals surface area contributed by atoms with Gasteiger partial charge < -0.3 is 4.74 Å². The molecule has 0 unspecified atom stereocenters. The van der Waals surface area contributed by atoms with Gasteiger partial charge in [-0.2, -0.15) is 13.2 Å². The Labute approximate surface area is 213 Å². The van der Waals surface area contributed by atoms with Gasteiger partial charge in [-0.15, -0.1) is 0 Å². The van der Waals surface area contributed by atoms with E-state index in [9.17, 15) is 28.1 Å². The number of hydrogen-bond donors (Lipinski definition) is 0. The van der Waals surface area contributed by atoms with E-state index in [1.54, 1.807) is 81.4 Å². The first-order chi connectivity index (χ1) is 17.4. The summed E-state index contributed by atoms with van der Waals surface area (Å²) in [7, 11) is 0. The van der Waals surface area contributed by atoms with Crippen LogP contribution in [0.1, 0.15) is 48.9 Å². The van der Waals surface area contributed by atoms with Crippen LogP contribution >= 0.6 is 0 Å². The number of halogens is 3. The Morgan fingerprint density at radius 1 is 0.892 bits per heavy atom. The minimum Gasteiger partial charge on any atom is -0.458 e. The molecule has 3 aromatic carbocycles. The molecular formula is C28H27F3N2O4. The molecule has 37 heavy (non-hydrogen) atoms. The number of hydrogen-bond acceptors (Lipinski definition) is 5. The van der Waals surface area contributed by atoms with Gasteiger partial charge in [-0.1, -0.05) is 78.9 Å². The lowest BCUT2D eigenvalue weighted by Gasteiger charge is -2.27. The van der Waals surface area contributed by atoms with E-state index in [1.807, 2.05) is 0 Å². The first kappa shape index (κ1) is 27.6. The Morgan fingerprint density at radius 3 is 1.84 bits per heavy atom. The molecule has 0 aliphatic heterocycles. The second kappa shape index (κ2) is 11.4. The lowest BCUT2D eigenvalue weighted by molar-refractivity contribution is -0.483. The molecule has 0 aliphatic carbocycles. The average Bonchev–Trinajstić information content (AvgIpc) is 2.83. The summed E-state index contributed by atoms with van der Waals surface area (Å²) in [6.07, 6.45) is -4.80. The van der Waals surface area contributed by atoms with Gasteiger partial charge in [-0.05, 0) is 32.4 Å². The van der Waals surface area contributed by atoms with Crippen LogP contribution in [0.4, 0.5) is 13.2 Å². The van der Waals surface area contributed by atoms with Crippen molar-refractivity contribution in [1.82, 2.24) is 0 Å². The smallest absolute Gasteiger partial charge is 0.416 e. The van der Waals surface area contributed by atoms with Crippen LogP contribution in [0.25, 0.3) is 0 Å². The van der Waals surface area contributed by atoms with Crippen molar-refractivity contribution in [2.45, 2.75) is 44.5 Å². The topological polar surface area (TPSA) is 81.8 Å². The molecule has 0 amide bonds. The molecule has 0 N–H and O–H groups in total. The zero-order chi connectivity index (χ0) is 27.2. The number of nitro groups is 1. The Morgan fingerprint density at radius 2 is 1.38 bits per heavy atom. The number of aliphatic imine (C=N–C) groups is 1. The van der Waals surface area contributed by atoms with E-state index in [1.165, 1.54) is 12.1 Å². The van der Waals surface area contributed by atoms with Gasteiger partial charge in [0.05, 0.1) is 17.2 Å². The molecule has 3 aromatic rings. The highest BCUT2D eigenvalue weighted by Gasteiger charge is 2.42. The highest BCUT2D eigenvalue weighted by atomic mass is 19.4. The molecule has 3 rings (SSSR count). The van der Waals surface area contributed by atoms with Crippen molar-refractivity contribution in [2.24, 2.45) is 4.99 Å². The summed E-state index contributed by atoms with van der Waals surface area (Å²) >= 11 is 0. The van der Waals surface area contributed by atoms with Crippen molar-refractivity contribution in [3.8, 4) is 0 Å². The molecule has 0 radical (unpaired) electrons. The first-order valence-corrected chi connectivity index (χ1v) is 11.6. The van der Waals surface area contributed by atoms with E-state index >= 15 is 0 Å². The molecule has 0 heterocycles. The third-order valence-electron chi connectivity index (χ3n) is 5.40. The van der Waals surface area contributed by atoms with Crippen molar-refractivity contribution in [3.05, 3.63) is 117 Å². The molecule has 6 nitrogen and oxygen atoms in total. The predicted molar refractivity (Wildman–Crippen MR) is 134 cm³/mol. The van der Waals surface area contributed by atoms with Gasteiger partial charge in [0.25, 0.3) is 0 Å². The van der Waals surface area contributed by atoms with Gasteiger partial charge in [0.15, 0.2) is 6.04 Å². The summed E-state index contributed by atoms with van der Waals surface area (Å²) in [6, 6.07) is 20.4. The van der Waals surface area contributed by atoms with Crippen LogP contribution in [0, 0.1) is 10.1 Å². The SMILES string of the molecule is CC(C)(C)OC(=O)[C@H](N=C(c1ccccc1)c1ccccc1)[C@@H](C[N+](=O)[O-])c1ccccc1C(F)(F)F. The van der Waals surface area contributed by atoms with E-state index in [-0.39, 0.29) is 0 Å². The van der Waals surface area contributed by atoms with E-state index in [4.69, 9.17) is 4.74 Å². The number of alkyl halides is 3. The van der Waals surface area contributed by atoms with Crippen LogP contribution in [0.3, 0.4) is 0 Å². The standard InChI is InChI=1S/C28H27F3N2O4/c1-27(2,3)37-26(34)25(22(18-33(35)36)21-16-10-11-17-23(21)28(29,30)31)32-24(19-12-6-4-7-13-19)20-14-8-5-9-15-20/h4-17,22,25H,18H2,1-3H3/t22-,25+/m0/s1. The van der Waals surface area contributed by atoms with Crippen LogP contribution in [0.5, 0.6) is 0 Å². The molecule has 0 aromatic heterocycles. The van der Waals surface area contributed by atoms with Gasteiger partial charge in [0, 0.05) is 16.1 Å². The Kier molecular flexibility index (Phi) is 8.47. The van der Waals surface area contributed by atoms with Gasteiger partial charge in [-0.3, -0.25) is 15.1 Å². The zero-order valence-electron chi connectivity index (χ0n) is 20.6. The molecule has 0 aliphatic rings. The van der Waals surface area contributed by atoms with Crippen LogP contribution < -0.4 is 0 Å². The minimum absolute atomic E-state index is 0.301. The molecule has 2 atom stereocenters. The second-order valence-corrected chi connectivity index (χ2v) is 9.39. The lowest BCUT2D eigenvalue weighted by atomic mass is 9.87. The maximum absolute atomic E-state index is 14.0. The van der Waals surface area contributed by atoms with E-state index in [0.717, 1.165) is 12.1 Å². The average molecular weight is 513 g/mol. The number of carbonyl (C=O) groups excluding carboxylic acids is 1. The maximum Gasteiger partial charge on any atom is 0.416 e. The molecule has 194 valence electrons. The number of ether oxygens (including phenoxy) is 1. The van der Waals surface area contributed by atoms with Crippen LogP contribution in [-0.2, 0) is 15.7 Å². The molecule has 0 saturated carbocycles. The first-order valence-electron chi connectivity index (χ1n) is 11.6. The third-order valence-corrected chi connectivity index (χ3v) is 5.40. The predicted octanol–water partition coefficient (Wildman–Crippen LogP) is 6.31. The minimum atomic E-state index is -4.80. The largest absolute Gasteiger partial charge is 0.458 e. The molecule has 9 heteroatoms. The third kappa shape index (κ3) is 7.49. The van der Waals surface area contributed by atoms with E-state index in [0.29, 0.717) is 16.8 Å². The van der Waals surface area contributed by atoms with Gasteiger partial charge in [0.1, 0.15) is 5.60 Å². The highest BCUT2D eigenvalue weighted by Crippen LogP contribution is 2.38. The van der Waals surface area contributed by atoms with Gasteiger partial charge in [-0.25, -0.2) is 4.79 Å². The Balaban J connectivity index is 2.31. The van der Waals surface area contributed by atoms with Crippen molar-refractivity contribution in [2.75, 3.05) is 6.54 Å². The summed E-state index contributed by atoms with van der Waals surface area (Å²) < 4.78 is 47.4. The van der Waals surface area contributed by atoms with Crippen molar-refractivity contribution < 1.29 is 27.6 Å². The number of benzene rings is 3. The number of rotatable bonds is 8. The molecular weight excluding hydrogens is 485 g/mol. The second-order valence-electron chi connectivity index (χ2n) is 9.39. The fourth-order valence-corrected chi connectivity index (χ4v) is 3.92. The summed E-state index contributed by atoms with van der Waals surface area (Å²) in [5, 5.41) is 11.7. The normalized spacial score (nSPS) is 13.4. The van der Waals surface area contributed by atoms with Crippen molar-refractivity contribution >= 4 is 11.7 Å². The van der Waals surface area contributed by atoms with Crippen molar-refractivity contribution in [1.29, 1.82) is 0 Å². The molecule has 0 fully saturated rings. The summed E-state index contributed by atoms with van der Waals surface area (Å²) in [4.78, 5) is 29.1. The molecule has 0 saturated heterocycles. The summed E-state index contributed by atoms with van der Waals surface area (Å²) in [6.45, 7) is 3.85.